The van der Waals surface area contributed by atoms with Crippen molar-refractivity contribution in [2.75, 3.05) is 37.9 Å². The SMILES string of the molecule is COc1cc(OC)c(Cl)c(-c2cc3cnc(N)nc3c(N3CC4CC4C3)n2)c1Cl. The second kappa shape index (κ2) is 6.78. The second-order valence-electron chi connectivity index (χ2n) is 7.44. The van der Waals surface area contributed by atoms with Crippen LogP contribution in [0.25, 0.3) is 22.2 Å². The van der Waals surface area contributed by atoms with Gasteiger partial charge in [0.2, 0.25) is 5.95 Å². The van der Waals surface area contributed by atoms with Crippen LogP contribution in [0.15, 0.2) is 18.3 Å². The molecule has 2 atom stereocenters. The zero-order chi connectivity index (χ0) is 20.3. The van der Waals surface area contributed by atoms with Crippen LogP contribution in [0.1, 0.15) is 6.42 Å². The van der Waals surface area contributed by atoms with Crippen molar-refractivity contribution >= 4 is 45.9 Å². The van der Waals surface area contributed by atoms with E-state index in [1.54, 1.807) is 26.5 Å². The minimum atomic E-state index is 0.219. The van der Waals surface area contributed by atoms with Crippen LogP contribution in [0.5, 0.6) is 11.5 Å². The van der Waals surface area contributed by atoms with Gasteiger partial charge >= 0.3 is 0 Å². The van der Waals surface area contributed by atoms with Crippen molar-refractivity contribution < 1.29 is 9.47 Å². The van der Waals surface area contributed by atoms with Gasteiger partial charge in [-0.05, 0) is 24.3 Å². The highest BCUT2D eigenvalue weighted by Gasteiger charge is 2.46. The molecule has 0 bridgehead atoms. The number of halogens is 2. The third-order valence-corrected chi connectivity index (χ3v) is 6.42. The summed E-state index contributed by atoms with van der Waals surface area (Å²) in [5.74, 6) is 3.38. The first kappa shape index (κ1) is 18.5. The largest absolute Gasteiger partial charge is 0.495 e. The summed E-state index contributed by atoms with van der Waals surface area (Å²) in [6.45, 7) is 1.92. The third kappa shape index (κ3) is 3.00. The Morgan fingerprint density at radius 1 is 1.03 bits per heavy atom. The number of fused-ring (bicyclic) bond motifs is 2. The number of nitrogens with zero attached hydrogens (tertiary/aromatic N) is 4. The van der Waals surface area contributed by atoms with Crippen LogP contribution in [0.3, 0.4) is 0 Å². The summed E-state index contributed by atoms with van der Waals surface area (Å²) in [5.41, 5.74) is 7.74. The van der Waals surface area contributed by atoms with Crippen molar-refractivity contribution in [1.29, 1.82) is 0 Å². The van der Waals surface area contributed by atoms with E-state index in [-0.39, 0.29) is 5.95 Å². The van der Waals surface area contributed by atoms with E-state index in [1.165, 1.54) is 6.42 Å². The van der Waals surface area contributed by atoms with E-state index in [1.807, 2.05) is 6.07 Å². The molecule has 150 valence electrons. The van der Waals surface area contributed by atoms with E-state index in [0.29, 0.717) is 32.8 Å². The average Bonchev–Trinajstić information content (AvgIpc) is 3.33. The molecule has 3 heterocycles. The van der Waals surface area contributed by atoms with Gasteiger partial charge in [0.25, 0.3) is 0 Å². The molecule has 2 unspecified atom stereocenters. The molecular formula is C20H19Cl2N5O2. The zero-order valence-electron chi connectivity index (χ0n) is 15.9. The van der Waals surface area contributed by atoms with Gasteiger partial charge in [0, 0.05) is 36.3 Å². The molecule has 0 spiro atoms. The summed E-state index contributed by atoms with van der Waals surface area (Å²) in [6, 6.07) is 3.52. The van der Waals surface area contributed by atoms with E-state index in [0.717, 1.165) is 41.6 Å². The fraction of sp³-hybridized carbons (Fsp3) is 0.350. The highest BCUT2D eigenvalue weighted by Crippen LogP contribution is 2.49. The molecule has 29 heavy (non-hydrogen) atoms. The van der Waals surface area contributed by atoms with Gasteiger partial charge in [0.15, 0.2) is 5.82 Å². The van der Waals surface area contributed by atoms with E-state index < -0.39 is 0 Å². The van der Waals surface area contributed by atoms with Gasteiger partial charge in [0.1, 0.15) is 17.0 Å². The molecule has 1 saturated carbocycles. The Hall–Kier alpha value is -2.51. The number of hydrogen-bond donors (Lipinski definition) is 1. The predicted octanol–water partition coefficient (Wildman–Crippen LogP) is 4.05. The Labute approximate surface area is 177 Å². The Morgan fingerprint density at radius 2 is 1.69 bits per heavy atom. The number of nitrogens with two attached hydrogens (primary N) is 1. The lowest BCUT2D eigenvalue weighted by Crippen LogP contribution is -2.23. The van der Waals surface area contributed by atoms with Gasteiger partial charge < -0.3 is 20.1 Å². The van der Waals surface area contributed by atoms with Crippen LogP contribution < -0.4 is 20.1 Å². The lowest BCUT2D eigenvalue weighted by Gasteiger charge is -2.22. The fourth-order valence-electron chi connectivity index (χ4n) is 4.07. The number of aromatic nitrogens is 3. The molecule has 2 aliphatic rings. The normalized spacial score (nSPS) is 20.1. The lowest BCUT2D eigenvalue weighted by atomic mass is 10.1. The molecule has 0 radical (unpaired) electrons. The van der Waals surface area contributed by atoms with Gasteiger partial charge in [-0.2, -0.15) is 0 Å². The minimum Gasteiger partial charge on any atom is -0.495 e. The number of methoxy groups -OCH3 is 2. The number of benzene rings is 1. The number of piperidine rings is 1. The molecular weight excluding hydrogens is 413 g/mol. The highest BCUT2D eigenvalue weighted by molar-refractivity contribution is 6.41. The average molecular weight is 432 g/mol. The van der Waals surface area contributed by atoms with Gasteiger partial charge in [-0.25, -0.2) is 15.0 Å². The van der Waals surface area contributed by atoms with Gasteiger partial charge in [-0.1, -0.05) is 23.2 Å². The molecule has 2 fully saturated rings. The third-order valence-electron chi connectivity index (χ3n) is 5.67. The summed E-state index contributed by atoms with van der Waals surface area (Å²) in [5, 5.41) is 1.56. The molecule has 2 aromatic heterocycles. The molecule has 1 aliphatic heterocycles. The molecule has 1 aromatic carbocycles. The van der Waals surface area contributed by atoms with Crippen molar-refractivity contribution in [3.63, 3.8) is 0 Å². The molecule has 1 aliphatic carbocycles. The number of nitrogen functional groups attached to an aromatic ring is 1. The molecule has 9 heteroatoms. The fourth-order valence-corrected chi connectivity index (χ4v) is 4.76. The lowest BCUT2D eigenvalue weighted by molar-refractivity contribution is 0.395. The number of hydrogen-bond acceptors (Lipinski definition) is 7. The molecule has 2 N–H and O–H groups in total. The summed E-state index contributed by atoms with van der Waals surface area (Å²) >= 11 is 13.3. The van der Waals surface area contributed by atoms with Crippen LogP contribution in [-0.2, 0) is 0 Å². The Kier molecular flexibility index (Phi) is 4.33. The standard InChI is InChI=1S/C20H19Cl2N5O2/c1-28-13-5-14(29-2)17(22)15(16(13)21)12-4-9-6-24-20(23)26-18(9)19(25-12)27-7-10-3-11(10)8-27/h4-6,10-11H,3,7-8H2,1-2H3,(H2,23,24,26). The highest BCUT2D eigenvalue weighted by atomic mass is 35.5. The van der Waals surface area contributed by atoms with Gasteiger partial charge in [-0.15, -0.1) is 0 Å². The van der Waals surface area contributed by atoms with Crippen LogP contribution >= 0.6 is 23.2 Å². The Bertz CT molecular complexity index is 1100. The zero-order valence-corrected chi connectivity index (χ0v) is 17.5. The van der Waals surface area contributed by atoms with Crippen LogP contribution in [0, 0.1) is 11.8 Å². The summed E-state index contributed by atoms with van der Waals surface area (Å²) in [4.78, 5) is 15.8. The minimum absolute atomic E-state index is 0.219. The second-order valence-corrected chi connectivity index (χ2v) is 8.20. The smallest absolute Gasteiger partial charge is 0.220 e. The maximum absolute atomic E-state index is 6.63. The van der Waals surface area contributed by atoms with Crippen molar-refractivity contribution in [2.45, 2.75) is 6.42 Å². The van der Waals surface area contributed by atoms with Crippen molar-refractivity contribution in [2.24, 2.45) is 11.8 Å². The van der Waals surface area contributed by atoms with Crippen molar-refractivity contribution in [1.82, 2.24) is 15.0 Å². The summed E-state index contributed by atoms with van der Waals surface area (Å²) in [6.07, 6.45) is 2.98. The topological polar surface area (TPSA) is 86.4 Å². The molecule has 0 amide bonds. The number of pyridine rings is 1. The first-order valence-corrected chi connectivity index (χ1v) is 10.0. The monoisotopic (exact) mass is 431 g/mol. The van der Waals surface area contributed by atoms with Crippen molar-refractivity contribution in [3.05, 3.63) is 28.4 Å². The van der Waals surface area contributed by atoms with Crippen molar-refractivity contribution in [3.8, 4) is 22.8 Å². The summed E-state index contributed by atoms with van der Waals surface area (Å²) < 4.78 is 10.8. The Morgan fingerprint density at radius 3 is 2.31 bits per heavy atom. The Balaban J connectivity index is 1.75. The summed E-state index contributed by atoms with van der Waals surface area (Å²) in [7, 11) is 3.09. The van der Waals surface area contributed by atoms with E-state index in [2.05, 4.69) is 14.9 Å². The maximum atomic E-state index is 6.63. The number of ether oxygens (including phenoxy) is 2. The number of anilines is 2. The maximum Gasteiger partial charge on any atom is 0.220 e. The van der Waals surface area contributed by atoms with E-state index >= 15 is 0 Å². The number of rotatable bonds is 4. The van der Waals surface area contributed by atoms with Gasteiger partial charge in [-0.3, -0.25) is 0 Å². The van der Waals surface area contributed by atoms with Gasteiger partial charge in [0.05, 0.1) is 30.0 Å². The molecule has 3 aromatic rings. The quantitative estimate of drug-likeness (QED) is 0.666. The predicted molar refractivity (Wildman–Crippen MR) is 114 cm³/mol. The van der Waals surface area contributed by atoms with E-state index in [4.69, 9.17) is 43.4 Å². The molecule has 7 nitrogen and oxygen atoms in total. The first-order valence-electron chi connectivity index (χ1n) is 9.28. The van der Waals surface area contributed by atoms with Crippen LogP contribution in [0.2, 0.25) is 10.0 Å². The van der Waals surface area contributed by atoms with E-state index in [9.17, 15) is 0 Å². The molecule has 1 saturated heterocycles. The molecule has 5 rings (SSSR count). The van der Waals surface area contributed by atoms with Crippen LogP contribution in [-0.4, -0.2) is 42.3 Å². The van der Waals surface area contributed by atoms with Crippen LogP contribution in [0.4, 0.5) is 11.8 Å². The first-order chi connectivity index (χ1) is 14.0.